The molecule has 0 aliphatic carbocycles. The fourth-order valence-electron chi connectivity index (χ4n) is 3.81. The predicted octanol–water partition coefficient (Wildman–Crippen LogP) is 4.72. The fraction of sp³-hybridized carbons (Fsp3) is 0.429. The Hall–Kier alpha value is -1.27. The molecule has 1 amide bonds. The predicted molar refractivity (Wildman–Crippen MR) is 137 cm³/mol. The van der Waals surface area contributed by atoms with Crippen LogP contribution in [0.1, 0.15) is 18.4 Å². The van der Waals surface area contributed by atoms with Crippen LogP contribution in [0.25, 0.3) is 10.2 Å². The molecule has 1 aliphatic heterocycles. The molecule has 0 radical (unpaired) electrons. The lowest BCUT2D eigenvalue weighted by Crippen LogP contribution is -2.49. The van der Waals surface area contributed by atoms with Crippen molar-refractivity contribution in [3.63, 3.8) is 0 Å². The van der Waals surface area contributed by atoms with Crippen LogP contribution in [0.15, 0.2) is 28.5 Å². The standard InChI is InChI=1S/C21H24Cl2N4O3S3/c1-13-14(22)6-7-16-19(13)24-21(31-16)26(12-11-25(2)3)20(28)15-5-4-10-27(15)33(29,30)18-9-8-17(23)32-18/h6-9,15H,4-5,10-12H2,1-3H3. The third-order valence-electron chi connectivity index (χ3n) is 5.60. The summed E-state index contributed by atoms with van der Waals surface area (Å²) in [6, 6.07) is 5.99. The van der Waals surface area contributed by atoms with E-state index in [0.29, 0.717) is 47.0 Å². The number of anilines is 1. The smallest absolute Gasteiger partial charge is 0.253 e. The Morgan fingerprint density at radius 2 is 1.94 bits per heavy atom. The monoisotopic (exact) mass is 546 g/mol. The maximum atomic E-state index is 13.8. The van der Waals surface area contributed by atoms with E-state index in [-0.39, 0.29) is 10.1 Å². The summed E-state index contributed by atoms with van der Waals surface area (Å²) in [6.07, 6.45) is 1.08. The van der Waals surface area contributed by atoms with E-state index >= 15 is 0 Å². The number of halogens is 2. The van der Waals surface area contributed by atoms with Crippen LogP contribution in [-0.4, -0.2) is 68.3 Å². The van der Waals surface area contributed by atoms with Crippen LogP contribution in [0.4, 0.5) is 5.13 Å². The summed E-state index contributed by atoms with van der Waals surface area (Å²) < 4.78 is 29.4. The molecule has 2 aromatic heterocycles. The Labute approximate surface area is 211 Å². The Morgan fingerprint density at radius 1 is 1.18 bits per heavy atom. The molecule has 3 heterocycles. The van der Waals surface area contributed by atoms with Crippen LogP contribution in [-0.2, 0) is 14.8 Å². The first-order chi connectivity index (χ1) is 15.6. The van der Waals surface area contributed by atoms with E-state index in [9.17, 15) is 13.2 Å². The van der Waals surface area contributed by atoms with Gasteiger partial charge < -0.3 is 4.90 Å². The van der Waals surface area contributed by atoms with Gasteiger partial charge in [0, 0.05) is 24.7 Å². The van der Waals surface area contributed by atoms with Gasteiger partial charge in [-0.2, -0.15) is 4.31 Å². The molecule has 12 heteroatoms. The first-order valence-corrected chi connectivity index (χ1v) is 14.2. The Balaban J connectivity index is 1.70. The van der Waals surface area contributed by atoms with Crippen molar-refractivity contribution in [2.45, 2.75) is 30.0 Å². The summed E-state index contributed by atoms with van der Waals surface area (Å²) in [5.41, 5.74) is 1.62. The molecule has 3 aromatic rings. The maximum absolute atomic E-state index is 13.8. The quantitative estimate of drug-likeness (QED) is 0.428. The van der Waals surface area contributed by atoms with Gasteiger partial charge in [0.1, 0.15) is 10.3 Å². The number of hydrogen-bond donors (Lipinski definition) is 0. The van der Waals surface area contributed by atoms with Gasteiger partial charge in [-0.05, 0) is 63.7 Å². The number of nitrogens with zero attached hydrogens (tertiary/aromatic N) is 4. The van der Waals surface area contributed by atoms with Crippen molar-refractivity contribution in [2.75, 3.05) is 38.6 Å². The number of sulfonamides is 1. The third-order valence-corrected chi connectivity index (χ3v) is 10.7. The van der Waals surface area contributed by atoms with Crippen LogP contribution in [0, 0.1) is 6.92 Å². The van der Waals surface area contributed by atoms with Gasteiger partial charge in [-0.1, -0.05) is 34.5 Å². The SMILES string of the molecule is Cc1c(Cl)ccc2sc(N(CCN(C)C)C(=O)C3CCCN3S(=O)(=O)c3ccc(Cl)s3)nc12. The molecule has 7 nitrogen and oxygen atoms in total. The highest BCUT2D eigenvalue weighted by Gasteiger charge is 2.42. The van der Waals surface area contributed by atoms with E-state index in [1.807, 2.05) is 38.1 Å². The van der Waals surface area contributed by atoms with Crippen molar-refractivity contribution in [3.05, 3.63) is 39.2 Å². The van der Waals surface area contributed by atoms with Crippen molar-refractivity contribution in [2.24, 2.45) is 0 Å². The lowest BCUT2D eigenvalue weighted by Gasteiger charge is -2.29. The molecule has 1 aromatic carbocycles. The van der Waals surface area contributed by atoms with Gasteiger partial charge in [-0.3, -0.25) is 9.69 Å². The summed E-state index contributed by atoms with van der Waals surface area (Å²) in [6.45, 7) is 3.21. The van der Waals surface area contributed by atoms with Crippen LogP contribution >= 0.6 is 45.9 Å². The zero-order valence-electron chi connectivity index (χ0n) is 18.4. The molecule has 0 spiro atoms. The van der Waals surface area contributed by atoms with E-state index in [1.165, 1.54) is 21.7 Å². The number of thiazole rings is 1. The van der Waals surface area contributed by atoms with Crippen molar-refractivity contribution in [1.82, 2.24) is 14.2 Å². The van der Waals surface area contributed by atoms with Crippen molar-refractivity contribution in [3.8, 4) is 0 Å². The lowest BCUT2D eigenvalue weighted by molar-refractivity contribution is -0.121. The number of benzene rings is 1. The molecule has 0 N–H and O–H groups in total. The maximum Gasteiger partial charge on any atom is 0.253 e. The van der Waals surface area contributed by atoms with Gasteiger partial charge in [0.15, 0.2) is 5.13 Å². The highest BCUT2D eigenvalue weighted by atomic mass is 35.5. The first-order valence-electron chi connectivity index (χ1n) is 10.4. The number of aromatic nitrogens is 1. The first kappa shape index (κ1) is 24.8. The highest BCUT2D eigenvalue weighted by molar-refractivity contribution is 7.91. The zero-order valence-corrected chi connectivity index (χ0v) is 22.4. The van der Waals surface area contributed by atoms with Crippen LogP contribution in [0.2, 0.25) is 9.36 Å². The lowest BCUT2D eigenvalue weighted by atomic mass is 10.2. The number of amides is 1. The molecule has 1 fully saturated rings. The third kappa shape index (κ3) is 4.93. The fourth-order valence-corrected chi connectivity index (χ4v) is 8.28. The molecule has 178 valence electrons. The van der Waals surface area contributed by atoms with Crippen LogP contribution in [0.5, 0.6) is 0 Å². The summed E-state index contributed by atoms with van der Waals surface area (Å²) >= 11 is 14.7. The number of aryl methyl sites for hydroxylation is 1. The number of carbonyl (C=O) groups excluding carboxylic acids is 1. The molecule has 1 atom stereocenters. The average Bonchev–Trinajstić information content (AvgIpc) is 3.50. The van der Waals surface area contributed by atoms with E-state index in [4.69, 9.17) is 28.2 Å². The van der Waals surface area contributed by atoms with Crippen molar-refractivity contribution in [1.29, 1.82) is 0 Å². The zero-order chi connectivity index (χ0) is 23.9. The van der Waals surface area contributed by atoms with Gasteiger partial charge >= 0.3 is 0 Å². The number of thiophene rings is 1. The Bertz CT molecular complexity index is 1290. The Kier molecular flexibility index (Phi) is 7.35. The molecule has 0 bridgehead atoms. The highest BCUT2D eigenvalue weighted by Crippen LogP contribution is 2.36. The van der Waals surface area contributed by atoms with E-state index in [1.54, 1.807) is 11.0 Å². The normalized spacial score (nSPS) is 17.3. The van der Waals surface area contributed by atoms with Gasteiger partial charge in [0.2, 0.25) is 5.91 Å². The molecule has 1 aliphatic rings. The molecule has 1 saturated heterocycles. The molecular formula is C21H24Cl2N4O3S3. The second-order valence-corrected chi connectivity index (χ2v) is 13.4. The topological polar surface area (TPSA) is 73.8 Å². The number of fused-ring (bicyclic) bond motifs is 1. The number of rotatable bonds is 7. The second kappa shape index (κ2) is 9.77. The molecular weight excluding hydrogens is 523 g/mol. The Morgan fingerprint density at radius 3 is 2.61 bits per heavy atom. The van der Waals surface area contributed by atoms with Crippen molar-refractivity contribution < 1.29 is 13.2 Å². The van der Waals surface area contributed by atoms with Gasteiger partial charge in [-0.15, -0.1) is 11.3 Å². The molecule has 4 rings (SSSR count). The van der Waals surface area contributed by atoms with Gasteiger partial charge in [-0.25, -0.2) is 13.4 Å². The van der Waals surface area contributed by atoms with Crippen LogP contribution < -0.4 is 4.90 Å². The summed E-state index contributed by atoms with van der Waals surface area (Å²) in [7, 11) is 0.0358. The largest absolute Gasteiger partial charge is 0.308 e. The van der Waals surface area contributed by atoms with Gasteiger partial charge in [0.25, 0.3) is 10.0 Å². The summed E-state index contributed by atoms with van der Waals surface area (Å²) in [4.78, 5) is 22.1. The van der Waals surface area contributed by atoms with Crippen LogP contribution in [0.3, 0.4) is 0 Å². The molecule has 1 unspecified atom stereocenters. The molecule has 33 heavy (non-hydrogen) atoms. The molecule has 0 saturated carbocycles. The van der Waals surface area contributed by atoms with E-state index in [2.05, 4.69) is 0 Å². The van der Waals surface area contributed by atoms with E-state index < -0.39 is 16.1 Å². The second-order valence-electron chi connectivity index (χ2n) is 8.14. The minimum absolute atomic E-state index is 0.150. The summed E-state index contributed by atoms with van der Waals surface area (Å²) in [5.74, 6) is -0.261. The minimum Gasteiger partial charge on any atom is -0.308 e. The minimum atomic E-state index is -3.82. The number of hydrogen-bond acceptors (Lipinski definition) is 7. The van der Waals surface area contributed by atoms with E-state index in [0.717, 1.165) is 27.1 Å². The number of carbonyl (C=O) groups is 1. The number of likely N-dealkylation sites (N-methyl/N-ethyl adjacent to an activating group) is 1. The van der Waals surface area contributed by atoms with Crippen molar-refractivity contribution >= 4 is 77.2 Å². The summed E-state index contributed by atoms with van der Waals surface area (Å²) in [5, 5.41) is 1.17. The van der Waals surface area contributed by atoms with Gasteiger partial charge in [0.05, 0.1) is 14.6 Å². The average molecular weight is 548 g/mol.